The van der Waals surface area contributed by atoms with Gasteiger partial charge < -0.3 is 10.6 Å². The summed E-state index contributed by atoms with van der Waals surface area (Å²) in [5.74, 6) is -1.43. The Kier molecular flexibility index (Phi) is 5.82. The molecular weight excluding hydrogens is 424 g/mol. The molecule has 1 aromatic heterocycles. The van der Waals surface area contributed by atoms with Gasteiger partial charge in [0.05, 0.1) is 5.92 Å². The summed E-state index contributed by atoms with van der Waals surface area (Å²) in [6, 6.07) is 8.72. The molecule has 7 heteroatoms. The number of hydrogen-bond acceptors (Lipinski definition) is 3. The summed E-state index contributed by atoms with van der Waals surface area (Å²) in [5.41, 5.74) is 0.947. The van der Waals surface area contributed by atoms with Crippen molar-refractivity contribution < 1.29 is 9.18 Å². The Bertz CT molecular complexity index is 955. The van der Waals surface area contributed by atoms with Gasteiger partial charge in [0.15, 0.2) is 11.0 Å². The van der Waals surface area contributed by atoms with Gasteiger partial charge in [-0.25, -0.2) is 9.37 Å². The second-order valence-electron chi connectivity index (χ2n) is 9.29. The second-order valence-corrected chi connectivity index (χ2v) is 10.1. The topological polar surface area (TPSA) is 54.0 Å². The van der Waals surface area contributed by atoms with Crippen LogP contribution in [0.15, 0.2) is 36.5 Å². The lowest BCUT2D eigenvalue weighted by molar-refractivity contribution is -0.122. The normalized spacial score (nSPS) is 24.7. The molecule has 1 saturated carbocycles. The van der Waals surface area contributed by atoms with Gasteiger partial charge in [0, 0.05) is 34.9 Å². The Balaban J connectivity index is 1.70. The van der Waals surface area contributed by atoms with Gasteiger partial charge in [-0.1, -0.05) is 43.1 Å². The molecule has 1 spiro atoms. The molecule has 1 amide bonds. The van der Waals surface area contributed by atoms with Crippen molar-refractivity contribution in [2.24, 2.45) is 11.3 Å². The monoisotopic (exact) mass is 449 g/mol. The zero-order valence-electron chi connectivity index (χ0n) is 17.1. The van der Waals surface area contributed by atoms with Crippen LogP contribution in [0.2, 0.25) is 10.2 Å². The number of hydrogen-bond donors (Lipinski definition) is 2. The lowest BCUT2D eigenvalue weighted by Gasteiger charge is -2.45. The Labute approximate surface area is 186 Å². The summed E-state index contributed by atoms with van der Waals surface area (Å²) in [6.07, 6.45) is 5.25. The Morgan fingerprint density at radius 1 is 1.20 bits per heavy atom. The minimum absolute atomic E-state index is 0.126. The zero-order chi connectivity index (χ0) is 21.5. The molecule has 2 unspecified atom stereocenters. The second kappa shape index (κ2) is 8.10. The Morgan fingerprint density at radius 2 is 1.93 bits per heavy atom. The SMILES string of the molecule is CC1(C)CCC2(CC1)NCC(c1ccnc(Cl)c1F)C2C(=O)Nc1cccc(Cl)c1. The van der Waals surface area contributed by atoms with Gasteiger partial charge >= 0.3 is 0 Å². The van der Waals surface area contributed by atoms with Gasteiger partial charge in [-0.15, -0.1) is 0 Å². The summed E-state index contributed by atoms with van der Waals surface area (Å²) in [5, 5.41) is 7.02. The fourth-order valence-electron chi connectivity index (χ4n) is 5.01. The Hall–Kier alpha value is -1.69. The molecule has 30 heavy (non-hydrogen) atoms. The van der Waals surface area contributed by atoms with E-state index in [1.807, 2.05) is 6.07 Å². The lowest BCUT2D eigenvalue weighted by Crippen LogP contribution is -2.52. The van der Waals surface area contributed by atoms with Gasteiger partial charge in [-0.05, 0) is 60.9 Å². The van der Waals surface area contributed by atoms with E-state index in [0.29, 0.717) is 22.8 Å². The molecule has 0 radical (unpaired) electrons. The smallest absolute Gasteiger partial charge is 0.230 e. The van der Waals surface area contributed by atoms with E-state index < -0.39 is 11.7 Å². The molecule has 2 aliphatic rings. The summed E-state index contributed by atoms with van der Waals surface area (Å²) in [7, 11) is 0. The minimum atomic E-state index is -0.542. The van der Waals surface area contributed by atoms with Crippen LogP contribution in [-0.4, -0.2) is 23.0 Å². The average Bonchev–Trinajstić information content (AvgIpc) is 3.06. The molecule has 4 nitrogen and oxygen atoms in total. The molecule has 2 fully saturated rings. The number of pyridine rings is 1. The predicted molar refractivity (Wildman–Crippen MR) is 119 cm³/mol. The third-order valence-electron chi connectivity index (χ3n) is 6.82. The van der Waals surface area contributed by atoms with Crippen molar-refractivity contribution in [2.75, 3.05) is 11.9 Å². The van der Waals surface area contributed by atoms with Crippen LogP contribution in [0.3, 0.4) is 0 Å². The van der Waals surface area contributed by atoms with Crippen molar-refractivity contribution in [1.82, 2.24) is 10.3 Å². The van der Waals surface area contributed by atoms with Crippen LogP contribution in [0.1, 0.15) is 51.0 Å². The third-order valence-corrected chi connectivity index (χ3v) is 7.32. The minimum Gasteiger partial charge on any atom is -0.326 e. The van der Waals surface area contributed by atoms with E-state index >= 15 is 0 Å². The summed E-state index contributed by atoms with van der Waals surface area (Å²) in [6.45, 7) is 5.04. The molecular formula is C23H26Cl2FN3O. The molecule has 4 rings (SSSR count). The number of nitrogens with zero attached hydrogens (tertiary/aromatic N) is 1. The first-order chi connectivity index (χ1) is 14.2. The highest BCUT2D eigenvalue weighted by Crippen LogP contribution is 2.51. The van der Waals surface area contributed by atoms with E-state index in [2.05, 4.69) is 29.5 Å². The predicted octanol–water partition coefficient (Wildman–Crippen LogP) is 5.81. The number of aromatic nitrogens is 1. The van der Waals surface area contributed by atoms with Crippen LogP contribution in [0, 0.1) is 17.2 Å². The first-order valence-corrected chi connectivity index (χ1v) is 11.1. The molecule has 1 aliphatic carbocycles. The van der Waals surface area contributed by atoms with Crippen molar-refractivity contribution in [3.8, 4) is 0 Å². The van der Waals surface area contributed by atoms with Crippen LogP contribution in [0.5, 0.6) is 0 Å². The maximum Gasteiger partial charge on any atom is 0.230 e. The van der Waals surface area contributed by atoms with Crippen LogP contribution in [0.25, 0.3) is 0 Å². The van der Waals surface area contributed by atoms with Gasteiger partial charge in [0.25, 0.3) is 0 Å². The maximum atomic E-state index is 14.9. The quantitative estimate of drug-likeness (QED) is 0.581. The number of carbonyl (C=O) groups excluding carboxylic acids is 1. The summed E-state index contributed by atoms with van der Waals surface area (Å²) in [4.78, 5) is 17.4. The molecule has 1 aliphatic heterocycles. The molecule has 2 atom stereocenters. The molecule has 1 aromatic carbocycles. The first kappa shape index (κ1) is 21.5. The maximum absolute atomic E-state index is 14.9. The summed E-state index contributed by atoms with van der Waals surface area (Å²) >= 11 is 12.0. The van der Waals surface area contributed by atoms with Crippen molar-refractivity contribution in [3.63, 3.8) is 0 Å². The number of benzene rings is 1. The van der Waals surface area contributed by atoms with Gasteiger partial charge in [-0.3, -0.25) is 4.79 Å². The number of rotatable bonds is 3. The van der Waals surface area contributed by atoms with Crippen molar-refractivity contribution in [1.29, 1.82) is 0 Å². The van der Waals surface area contributed by atoms with Crippen LogP contribution < -0.4 is 10.6 Å². The first-order valence-electron chi connectivity index (χ1n) is 10.3. The Morgan fingerprint density at radius 3 is 2.63 bits per heavy atom. The highest BCUT2D eigenvalue weighted by molar-refractivity contribution is 6.31. The highest BCUT2D eigenvalue weighted by atomic mass is 35.5. The molecule has 2 aromatic rings. The number of amides is 1. The molecule has 2 heterocycles. The highest BCUT2D eigenvalue weighted by Gasteiger charge is 2.54. The summed E-state index contributed by atoms with van der Waals surface area (Å²) < 4.78 is 14.9. The molecule has 2 N–H and O–H groups in total. The van der Waals surface area contributed by atoms with Crippen LogP contribution >= 0.6 is 23.2 Å². The van der Waals surface area contributed by atoms with Crippen molar-refractivity contribution >= 4 is 34.8 Å². The fraction of sp³-hybridized carbons (Fsp3) is 0.478. The fourth-order valence-corrected chi connectivity index (χ4v) is 5.37. The van der Waals surface area contributed by atoms with Crippen LogP contribution in [-0.2, 0) is 4.79 Å². The number of halogens is 3. The van der Waals surface area contributed by atoms with E-state index in [1.54, 1.807) is 24.3 Å². The molecule has 0 bridgehead atoms. The molecule has 160 valence electrons. The van der Waals surface area contributed by atoms with E-state index in [9.17, 15) is 9.18 Å². The standard InChI is InChI=1S/C23H26Cl2FN3O/c1-22(2)7-9-23(10-8-22)18(21(30)29-15-5-3-4-14(24)12-15)17(13-28-23)16-6-11-27-20(25)19(16)26/h3-6,11-12,17-18,28H,7-10,13H2,1-2H3,(H,29,30). The number of carbonyl (C=O) groups is 1. The average molecular weight is 450 g/mol. The van der Waals surface area contributed by atoms with E-state index in [0.717, 1.165) is 25.7 Å². The van der Waals surface area contributed by atoms with Crippen molar-refractivity contribution in [3.05, 3.63) is 58.1 Å². The number of nitrogens with one attached hydrogen (secondary N) is 2. The molecule has 1 saturated heterocycles. The van der Waals surface area contributed by atoms with E-state index in [-0.39, 0.29) is 27.9 Å². The van der Waals surface area contributed by atoms with Gasteiger partial charge in [-0.2, -0.15) is 0 Å². The largest absolute Gasteiger partial charge is 0.326 e. The van der Waals surface area contributed by atoms with Crippen molar-refractivity contribution in [2.45, 2.75) is 51.0 Å². The van der Waals surface area contributed by atoms with E-state index in [4.69, 9.17) is 23.2 Å². The van der Waals surface area contributed by atoms with Gasteiger partial charge in [0.1, 0.15) is 0 Å². The lowest BCUT2D eigenvalue weighted by atomic mass is 9.63. The third kappa shape index (κ3) is 4.08. The van der Waals surface area contributed by atoms with Gasteiger partial charge in [0.2, 0.25) is 5.91 Å². The van der Waals surface area contributed by atoms with E-state index in [1.165, 1.54) is 6.20 Å². The number of anilines is 1. The van der Waals surface area contributed by atoms with Crippen LogP contribution in [0.4, 0.5) is 10.1 Å². The zero-order valence-corrected chi connectivity index (χ0v) is 18.7.